The highest BCUT2D eigenvalue weighted by Gasteiger charge is 2.26. The zero-order chi connectivity index (χ0) is 14.0. The van der Waals surface area contributed by atoms with Gasteiger partial charge in [0.25, 0.3) is 0 Å². The molecule has 1 amide bonds. The molecule has 0 saturated carbocycles. The number of nitrogens with zero attached hydrogens (tertiary/aromatic N) is 3. The van der Waals surface area contributed by atoms with Crippen LogP contribution in [0.1, 0.15) is 6.42 Å². The number of hydrogen-bond donors (Lipinski definition) is 0. The molecule has 0 unspecified atom stereocenters. The molecule has 4 nitrogen and oxygen atoms in total. The third-order valence-corrected chi connectivity index (χ3v) is 3.87. The van der Waals surface area contributed by atoms with Crippen LogP contribution in [0, 0.1) is 0 Å². The van der Waals surface area contributed by atoms with E-state index in [-0.39, 0.29) is 5.91 Å². The number of rotatable bonds is 4. The lowest BCUT2D eigenvalue weighted by molar-refractivity contribution is -0.117. The monoisotopic (exact) mass is 325 g/mol. The Bertz CT molecular complexity index is 476. The number of likely N-dealkylation sites (N-methyl/N-ethyl adjacent to an activating group) is 1. The van der Waals surface area contributed by atoms with Gasteiger partial charge in [-0.2, -0.15) is 0 Å². The van der Waals surface area contributed by atoms with Crippen LogP contribution in [-0.2, 0) is 4.79 Å². The van der Waals surface area contributed by atoms with Crippen LogP contribution in [0.5, 0.6) is 0 Å². The Hall–Kier alpha value is -1.07. The average Bonchev–Trinajstić information content (AvgIpc) is 2.35. The minimum absolute atomic E-state index is 0.152. The largest absolute Gasteiger partial charge is 0.360 e. The molecule has 0 bridgehead atoms. The molecule has 1 aromatic rings. The van der Waals surface area contributed by atoms with Crippen molar-refractivity contribution in [2.45, 2.75) is 6.42 Å². The molecule has 1 aliphatic rings. The second-order valence-corrected chi connectivity index (χ2v) is 6.08. The van der Waals surface area contributed by atoms with Crippen molar-refractivity contribution < 1.29 is 4.79 Å². The number of carbonyl (C=O) groups excluding carboxylic acids is 1. The first kappa shape index (κ1) is 14.3. The first-order valence-electron chi connectivity index (χ1n) is 6.45. The van der Waals surface area contributed by atoms with Gasteiger partial charge < -0.3 is 14.7 Å². The molecule has 5 heteroatoms. The van der Waals surface area contributed by atoms with Gasteiger partial charge in [-0.25, -0.2) is 0 Å². The predicted molar refractivity (Wildman–Crippen MR) is 82.9 cm³/mol. The van der Waals surface area contributed by atoms with Gasteiger partial charge in [-0.15, -0.1) is 0 Å². The molecule has 0 aromatic heterocycles. The topological polar surface area (TPSA) is 26.8 Å². The normalized spacial score (nSPS) is 15.1. The summed E-state index contributed by atoms with van der Waals surface area (Å²) in [7, 11) is 5.98. The summed E-state index contributed by atoms with van der Waals surface area (Å²) < 4.78 is 1.05. The van der Waals surface area contributed by atoms with Crippen molar-refractivity contribution in [3.8, 4) is 0 Å². The van der Waals surface area contributed by atoms with Gasteiger partial charge in [0.15, 0.2) is 0 Å². The summed E-state index contributed by atoms with van der Waals surface area (Å²) in [5.41, 5.74) is 2.12. The van der Waals surface area contributed by atoms with Crippen molar-refractivity contribution in [2.75, 3.05) is 50.6 Å². The average molecular weight is 326 g/mol. The quantitative estimate of drug-likeness (QED) is 0.849. The van der Waals surface area contributed by atoms with Gasteiger partial charge >= 0.3 is 0 Å². The van der Waals surface area contributed by atoms with E-state index >= 15 is 0 Å². The minimum Gasteiger partial charge on any atom is -0.360 e. The molecular weight excluding hydrogens is 306 g/mol. The first-order valence-corrected chi connectivity index (χ1v) is 7.24. The minimum atomic E-state index is 0.152. The van der Waals surface area contributed by atoms with Crippen LogP contribution in [0.4, 0.5) is 11.4 Å². The smallest absolute Gasteiger partial charge is 0.246 e. The summed E-state index contributed by atoms with van der Waals surface area (Å²) in [4.78, 5) is 18.1. The molecular formula is C14H20BrN3O. The molecule has 104 valence electrons. The Kier molecular flexibility index (Phi) is 4.47. The molecule has 0 spiro atoms. The molecule has 0 aliphatic carbocycles. The predicted octanol–water partition coefficient (Wildman–Crippen LogP) is 2.18. The maximum absolute atomic E-state index is 12.0. The van der Waals surface area contributed by atoms with Gasteiger partial charge in [0, 0.05) is 18.1 Å². The third-order valence-electron chi connectivity index (χ3n) is 3.37. The van der Waals surface area contributed by atoms with E-state index in [9.17, 15) is 4.79 Å². The van der Waals surface area contributed by atoms with Crippen molar-refractivity contribution >= 4 is 33.2 Å². The standard InChI is InChI=1S/C14H20BrN3O/c1-16(2)7-4-8-18-10-14(19)17(3)12-6-5-11(15)9-13(12)18/h5-6,9H,4,7-8,10H2,1-3H3. The maximum atomic E-state index is 12.0. The van der Waals surface area contributed by atoms with Crippen LogP contribution < -0.4 is 9.80 Å². The summed E-state index contributed by atoms with van der Waals surface area (Å²) >= 11 is 3.51. The Balaban J connectivity index is 2.19. The van der Waals surface area contributed by atoms with Gasteiger partial charge in [0.2, 0.25) is 5.91 Å². The number of benzene rings is 1. The van der Waals surface area contributed by atoms with Gasteiger partial charge in [-0.1, -0.05) is 15.9 Å². The summed E-state index contributed by atoms with van der Waals surface area (Å²) in [5, 5.41) is 0. The van der Waals surface area contributed by atoms with E-state index in [2.05, 4.69) is 45.9 Å². The van der Waals surface area contributed by atoms with Gasteiger partial charge in [-0.05, 0) is 45.3 Å². The molecule has 2 rings (SSSR count). The van der Waals surface area contributed by atoms with Crippen molar-refractivity contribution in [3.05, 3.63) is 22.7 Å². The molecule has 19 heavy (non-hydrogen) atoms. The maximum Gasteiger partial charge on any atom is 0.246 e. The highest BCUT2D eigenvalue weighted by molar-refractivity contribution is 9.10. The number of carbonyl (C=O) groups is 1. The van der Waals surface area contributed by atoms with Crippen molar-refractivity contribution in [1.29, 1.82) is 0 Å². The summed E-state index contributed by atoms with van der Waals surface area (Å²) in [6, 6.07) is 6.06. The van der Waals surface area contributed by atoms with Crippen molar-refractivity contribution in [1.82, 2.24) is 4.90 Å². The number of hydrogen-bond acceptors (Lipinski definition) is 3. The van der Waals surface area contributed by atoms with Crippen molar-refractivity contribution in [3.63, 3.8) is 0 Å². The molecule has 1 heterocycles. The van der Waals surface area contributed by atoms with Crippen molar-refractivity contribution in [2.24, 2.45) is 0 Å². The Morgan fingerprint density at radius 2 is 2.05 bits per heavy atom. The first-order chi connectivity index (χ1) is 8.99. The van der Waals surface area contributed by atoms with E-state index in [4.69, 9.17) is 0 Å². The van der Waals surface area contributed by atoms with E-state index in [1.165, 1.54) is 0 Å². The lowest BCUT2D eigenvalue weighted by Gasteiger charge is -2.35. The molecule has 0 radical (unpaired) electrons. The van der Waals surface area contributed by atoms with E-state index in [1.54, 1.807) is 4.90 Å². The van der Waals surface area contributed by atoms with E-state index < -0.39 is 0 Å². The highest BCUT2D eigenvalue weighted by Crippen LogP contribution is 2.35. The zero-order valence-corrected chi connectivity index (χ0v) is 13.3. The van der Waals surface area contributed by atoms with Crippen LogP contribution in [-0.4, -0.2) is 51.6 Å². The number of anilines is 2. The summed E-state index contributed by atoms with van der Waals surface area (Å²) in [6.07, 6.45) is 1.05. The number of fused-ring (bicyclic) bond motifs is 1. The fourth-order valence-corrected chi connectivity index (χ4v) is 2.65. The molecule has 1 aliphatic heterocycles. The molecule has 0 saturated heterocycles. The van der Waals surface area contributed by atoms with Gasteiger partial charge in [0.05, 0.1) is 17.9 Å². The number of amides is 1. The lowest BCUT2D eigenvalue weighted by atomic mass is 10.1. The lowest BCUT2D eigenvalue weighted by Crippen LogP contribution is -2.44. The summed E-state index contributed by atoms with van der Waals surface area (Å²) in [5.74, 6) is 0.152. The fourth-order valence-electron chi connectivity index (χ4n) is 2.30. The van der Waals surface area contributed by atoms with Gasteiger partial charge in [-0.3, -0.25) is 4.79 Å². The van der Waals surface area contributed by atoms with Crippen LogP contribution in [0.2, 0.25) is 0 Å². The van der Waals surface area contributed by atoms with Crippen LogP contribution in [0.3, 0.4) is 0 Å². The van der Waals surface area contributed by atoms with E-state index in [0.29, 0.717) is 6.54 Å². The molecule has 0 atom stereocenters. The Morgan fingerprint density at radius 3 is 2.74 bits per heavy atom. The van der Waals surface area contributed by atoms with Crippen LogP contribution in [0.15, 0.2) is 22.7 Å². The summed E-state index contributed by atoms with van der Waals surface area (Å²) in [6.45, 7) is 2.40. The Labute approximate surface area is 123 Å². The van der Waals surface area contributed by atoms with Gasteiger partial charge in [0.1, 0.15) is 0 Å². The van der Waals surface area contributed by atoms with E-state index in [1.807, 2.05) is 19.2 Å². The zero-order valence-electron chi connectivity index (χ0n) is 11.7. The third kappa shape index (κ3) is 3.28. The SMILES string of the molecule is CN(C)CCCN1CC(=O)N(C)c2ccc(Br)cc21. The second kappa shape index (κ2) is 5.92. The molecule has 0 fully saturated rings. The van der Waals surface area contributed by atoms with Crippen LogP contribution in [0.25, 0.3) is 0 Å². The second-order valence-electron chi connectivity index (χ2n) is 5.16. The molecule has 0 N–H and O–H groups in total. The highest BCUT2D eigenvalue weighted by atomic mass is 79.9. The molecule has 1 aromatic carbocycles. The van der Waals surface area contributed by atoms with Crippen LogP contribution >= 0.6 is 15.9 Å². The Morgan fingerprint density at radius 1 is 1.32 bits per heavy atom. The van der Waals surface area contributed by atoms with E-state index in [0.717, 1.165) is 35.4 Å². The number of halogens is 1. The fraction of sp³-hybridized carbons (Fsp3) is 0.500.